The Morgan fingerprint density at radius 3 is 2.71 bits per heavy atom. The van der Waals surface area contributed by atoms with Gasteiger partial charge in [0.15, 0.2) is 0 Å². The van der Waals surface area contributed by atoms with Gasteiger partial charge in [0, 0.05) is 12.6 Å². The Labute approximate surface area is 99.1 Å². The highest BCUT2D eigenvalue weighted by Crippen LogP contribution is 2.21. The molecule has 0 fully saturated rings. The summed E-state index contributed by atoms with van der Waals surface area (Å²) >= 11 is 0. The monoisotopic (exact) mass is 238 g/mol. The van der Waals surface area contributed by atoms with Crippen LogP contribution < -0.4 is 5.73 Å². The van der Waals surface area contributed by atoms with E-state index < -0.39 is 16.4 Å². The van der Waals surface area contributed by atoms with E-state index in [4.69, 9.17) is 5.73 Å². The van der Waals surface area contributed by atoms with E-state index in [9.17, 15) is 14.5 Å². The van der Waals surface area contributed by atoms with Crippen LogP contribution in [0, 0.1) is 21.8 Å². The summed E-state index contributed by atoms with van der Waals surface area (Å²) in [6.45, 7) is 4.34. The lowest BCUT2D eigenvalue weighted by Crippen LogP contribution is -2.08. The molecule has 0 saturated heterocycles. The fourth-order valence-electron chi connectivity index (χ4n) is 1.43. The summed E-state index contributed by atoms with van der Waals surface area (Å²) in [6, 6.07) is 3.81. The van der Waals surface area contributed by atoms with Crippen molar-refractivity contribution in [3.05, 3.63) is 45.3 Å². The smallest absolute Gasteiger partial charge is 0.305 e. The number of nitrogens with two attached hydrogens (primary N) is 1. The van der Waals surface area contributed by atoms with E-state index in [1.165, 1.54) is 12.1 Å². The first-order valence-corrected chi connectivity index (χ1v) is 5.30. The number of nitro groups is 1. The van der Waals surface area contributed by atoms with Crippen molar-refractivity contribution in [1.82, 2.24) is 0 Å². The molecule has 17 heavy (non-hydrogen) atoms. The molecule has 2 N–H and O–H groups in total. The van der Waals surface area contributed by atoms with E-state index in [2.05, 4.69) is 0 Å². The van der Waals surface area contributed by atoms with Crippen molar-refractivity contribution in [1.29, 1.82) is 0 Å². The molecule has 92 valence electrons. The Kier molecular flexibility index (Phi) is 4.34. The van der Waals surface area contributed by atoms with E-state index in [1.54, 1.807) is 6.08 Å². The Balaban J connectivity index is 3.16. The van der Waals surface area contributed by atoms with Gasteiger partial charge in [-0.05, 0) is 17.5 Å². The predicted octanol–water partition coefficient (Wildman–Crippen LogP) is 2.73. The molecule has 0 heterocycles. The second kappa shape index (κ2) is 5.54. The van der Waals surface area contributed by atoms with E-state index >= 15 is 0 Å². The molecule has 0 bridgehead atoms. The van der Waals surface area contributed by atoms with Crippen LogP contribution in [0.25, 0.3) is 6.08 Å². The maximum Gasteiger partial charge on any atom is 0.305 e. The minimum atomic E-state index is -0.828. The summed E-state index contributed by atoms with van der Waals surface area (Å²) in [5, 5.41) is 10.6. The van der Waals surface area contributed by atoms with Crippen LogP contribution in [0.15, 0.2) is 23.8 Å². The van der Waals surface area contributed by atoms with Crippen molar-refractivity contribution < 1.29 is 9.31 Å². The lowest BCUT2D eigenvalue weighted by atomic mass is 10.0. The zero-order valence-electron chi connectivity index (χ0n) is 9.81. The summed E-state index contributed by atoms with van der Waals surface area (Å²) in [6.07, 6.45) is 1.76. The molecule has 0 aliphatic carbocycles. The number of benzene rings is 1. The Bertz CT molecular complexity index is 456. The first kappa shape index (κ1) is 13.3. The first-order valence-electron chi connectivity index (χ1n) is 5.30. The lowest BCUT2D eigenvalue weighted by Gasteiger charge is -2.08. The highest BCUT2D eigenvalue weighted by molar-refractivity contribution is 5.57. The summed E-state index contributed by atoms with van der Waals surface area (Å²) in [4.78, 5) is 9.85. The van der Waals surface area contributed by atoms with Crippen LogP contribution in [0.4, 0.5) is 10.1 Å². The molecule has 0 saturated carbocycles. The molecule has 1 aromatic rings. The van der Waals surface area contributed by atoms with E-state index in [0.29, 0.717) is 12.1 Å². The number of halogens is 1. The minimum Gasteiger partial charge on any atom is -0.327 e. The largest absolute Gasteiger partial charge is 0.327 e. The lowest BCUT2D eigenvalue weighted by molar-refractivity contribution is -0.387. The van der Waals surface area contributed by atoms with Gasteiger partial charge in [0.05, 0.1) is 4.92 Å². The average Bonchev–Trinajstić information content (AvgIpc) is 2.27. The molecular weight excluding hydrogens is 223 g/mol. The number of nitrogens with zero attached hydrogens (tertiary/aromatic N) is 1. The second-order valence-electron chi connectivity index (χ2n) is 4.05. The van der Waals surface area contributed by atoms with Gasteiger partial charge in [-0.2, -0.15) is 4.39 Å². The molecule has 0 radical (unpaired) electrons. The zero-order chi connectivity index (χ0) is 13.0. The topological polar surface area (TPSA) is 69.2 Å². The molecule has 0 aromatic heterocycles. The predicted molar refractivity (Wildman–Crippen MR) is 64.9 cm³/mol. The molecule has 0 atom stereocenters. The van der Waals surface area contributed by atoms with Gasteiger partial charge in [-0.25, -0.2) is 0 Å². The van der Waals surface area contributed by atoms with Crippen molar-refractivity contribution in [2.75, 3.05) is 6.54 Å². The summed E-state index contributed by atoms with van der Waals surface area (Å²) in [5.74, 6) is -0.574. The number of rotatable bonds is 4. The van der Waals surface area contributed by atoms with Crippen LogP contribution in [0.5, 0.6) is 0 Å². The second-order valence-corrected chi connectivity index (χ2v) is 4.05. The van der Waals surface area contributed by atoms with Crippen LogP contribution in [0.2, 0.25) is 0 Å². The third-order valence-corrected chi connectivity index (χ3v) is 2.50. The summed E-state index contributed by atoms with van der Waals surface area (Å²) in [7, 11) is 0. The molecule has 0 spiro atoms. The van der Waals surface area contributed by atoms with E-state index in [-0.39, 0.29) is 5.92 Å². The fraction of sp³-hybridized carbons (Fsp3) is 0.333. The molecule has 0 aliphatic rings. The maximum absolute atomic E-state index is 13.1. The van der Waals surface area contributed by atoms with Crippen LogP contribution in [0.3, 0.4) is 0 Å². The first-order chi connectivity index (χ1) is 7.95. The summed E-state index contributed by atoms with van der Waals surface area (Å²) in [5.41, 5.74) is 6.61. The number of nitro benzene ring substituents is 1. The Hall–Kier alpha value is -1.75. The van der Waals surface area contributed by atoms with Gasteiger partial charge in [0.2, 0.25) is 5.82 Å². The molecule has 0 amide bonds. The van der Waals surface area contributed by atoms with E-state index in [0.717, 1.165) is 11.6 Å². The molecule has 0 unspecified atom stereocenters. The van der Waals surface area contributed by atoms with E-state index in [1.807, 2.05) is 13.8 Å². The zero-order valence-corrected chi connectivity index (χ0v) is 9.81. The van der Waals surface area contributed by atoms with Gasteiger partial charge in [-0.3, -0.25) is 10.1 Å². The minimum absolute atomic E-state index is 0.254. The van der Waals surface area contributed by atoms with Crippen LogP contribution in [0.1, 0.15) is 19.4 Å². The number of hydrogen-bond acceptors (Lipinski definition) is 3. The normalized spacial score (nSPS) is 11.9. The van der Waals surface area contributed by atoms with Crippen molar-refractivity contribution in [2.24, 2.45) is 11.7 Å². The Morgan fingerprint density at radius 1 is 1.59 bits per heavy atom. The Morgan fingerprint density at radius 2 is 2.24 bits per heavy atom. The van der Waals surface area contributed by atoms with Crippen molar-refractivity contribution >= 4 is 11.8 Å². The molecule has 5 heteroatoms. The highest BCUT2D eigenvalue weighted by Gasteiger charge is 2.13. The van der Waals surface area contributed by atoms with Crippen molar-refractivity contribution in [3.8, 4) is 0 Å². The maximum atomic E-state index is 13.1. The quantitative estimate of drug-likeness (QED) is 0.647. The molecule has 1 aromatic carbocycles. The third kappa shape index (κ3) is 3.35. The van der Waals surface area contributed by atoms with Crippen LogP contribution in [-0.4, -0.2) is 11.5 Å². The number of hydrogen-bond donors (Lipinski definition) is 1. The molecular formula is C12H15FN2O2. The molecule has 1 rings (SSSR count). The van der Waals surface area contributed by atoms with Crippen molar-refractivity contribution in [3.63, 3.8) is 0 Å². The highest BCUT2D eigenvalue weighted by atomic mass is 19.1. The van der Waals surface area contributed by atoms with Gasteiger partial charge in [0.25, 0.3) is 0 Å². The standard InChI is InChI=1S/C12H15FN2O2/c1-8(2)10(7-14)5-9-3-4-11(13)12(6-9)15(16)17/h3-6,8H,7,14H2,1-2H3/b10-5+. The van der Waals surface area contributed by atoms with Crippen LogP contribution >= 0.6 is 0 Å². The average molecular weight is 238 g/mol. The summed E-state index contributed by atoms with van der Waals surface area (Å²) < 4.78 is 13.1. The van der Waals surface area contributed by atoms with Gasteiger partial charge in [-0.15, -0.1) is 0 Å². The van der Waals surface area contributed by atoms with Gasteiger partial charge in [-0.1, -0.05) is 31.6 Å². The fourth-order valence-corrected chi connectivity index (χ4v) is 1.43. The van der Waals surface area contributed by atoms with Crippen molar-refractivity contribution in [2.45, 2.75) is 13.8 Å². The van der Waals surface area contributed by atoms with Gasteiger partial charge < -0.3 is 5.73 Å². The molecule has 4 nitrogen and oxygen atoms in total. The molecule has 0 aliphatic heterocycles. The SMILES string of the molecule is CC(C)/C(=C/c1ccc(F)c([N+](=O)[O-])c1)CN. The van der Waals surface area contributed by atoms with Gasteiger partial charge in [0.1, 0.15) is 0 Å². The van der Waals surface area contributed by atoms with Gasteiger partial charge >= 0.3 is 5.69 Å². The van der Waals surface area contributed by atoms with Crippen LogP contribution in [-0.2, 0) is 0 Å². The third-order valence-electron chi connectivity index (χ3n) is 2.50.